The highest BCUT2D eigenvalue weighted by Gasteiger charge is 2.17. The van der Waals surface area contributed by atoms with Gasteiger partial charge in [-0.2, -0.15) is 4.89 Å². The van der Waals surface area contributed by atoms with Crippen molar-refractivity contribution >= 4 is 11.7 Å². The third kappa shape index (κ3) is 4.31. The van der Waals surface area contributed by atoms with Crippen molar-refractivity contribution in [3.05, 3.63) is 29.8 Å². The van der Waals surface area contributed by atoms with Crippen LogP contribution in [-0.4, -0.2) is 11.6 Å². The van der Waals surface area contributed by atoms with Crippen LogP contribution in [0.15, 0.2) is 24.3 Å². The predicted molar refractivity (Wildman–Crippen MR) is 63.8 cm³/mol. The van der Waals surface area contributed by atoms with E-state index in [4.69, 9.17) is 10.6 Å². The zero-order chi connectivity index (χ0) is 11.5. The van der Waals surface area contributed by atoms with E-state index in [1.54, 1.807) is 45.0 Å². The highest BCUT2D eigenvalue weighted by atomic mass is 17.2. The molecule has 1 aromatic carbocycles. The Hall–Kier alpha value is -1.55. The summed E-state index contributed by atoms with van der Waals surface area (Å²) < 4.78 is 0. The number of hydrogen-bond acceptors (Lipinski definition) is 4. The minimum atomic E-state index is -0.581. The molecule has 2 N–H and O–H groups in total. The molecule has 1 aromatic rings. The maximum atomic E-state index is 11.5. The van der Waals surface area contributed by atoms with E-state index in [2.05, 4.69) is 4.89 Å². The number of nitrogen functional groups attached to an aromatic ring is 1. The van der Waals surface area contributed by atoms with Crippen molar-refractivity contribution in [3.63, 3.8) is 0 Å². The number of hydrogen-bond donors (Lipinski definition) is 1. The molecule has 0 radical (unpaired) electrons. The molecule has 0 heterocycles. The zero-order valence-electron chi connectivity index (χ0n) is 9.11. The number of nitrogens with two attached hydrogens (primary N) is 1. The van der Waals surface area contributed by atoms with Gasteiger partial charge in [0.25, 0.3) is 0 Å². The molecule has 0 spiro atoms. The molecule has 90 valence electrons. The van der Waals surface area contributed by atoms with Gasteiger partial charge in [-0.15, -0.1) is 0 Å². The summed E-state index contributed by atoms with van der Waals surface area (Å²) in [6.07, 6.45) is 0. The fraction of sp³-hybridized carbons (Fsp3) is 0.417. The Labute approximate surface area is 96.3 Å². The SMILES string of the molecule is C.CC(C)(C)OOC(=O)c1ccccc1N. The van der Waals surface area contributed by atoms with Crippen molar-refractivity contribution in [1.29, 1.82) is 0 Å². The Morgan fingerprint density at radius 1 is 1.25 bits per heavy atom. The van der Waals surface area contributed by atoms with Crippen LogP contribution >= 0.6 is 0 Å². The second kappa shape index (κ2) is 5.51. The van der Waals surface area contributed by atoms with E-state index in [-0.39, 0.29) is 7.43 Å². The summed E-state index contributed by atoms with van der Waals surface area (Å²) in [6.45, 7) is 5.36. The second-order valence-electron chi connectivity index (χ2n) is 4.15. The zero-order valence-corrected chi connectivity index (χ0v) is 9.11. The van der Waals surface area contributed by atoms with Crippen molar-refractivity contribution in [2.75, 3.05) is 5.73 Å². The first-order valence-corrected chi connectivity index (χ1v) is 4.65. The van der Waals surface area contributed by atoms with Crippen LogP contribution in [0.2, 0.25) is 0 Å². The topological polar surface area (TPSA) is 61.5 Å². The highest BCUT2D eigenvalue weighted by Crippen LogP contribution is 2.14. The average molecular weight is 225 g/mol. The molecule has 0 aliphatic heterocycles. The summed E-state index contributed by atoms with van der Waals surface area (Å²) >= 11 is 0. The quantitative estimate of drug-likeness (QED) is 0.477. The van der Waals surface area contributed by atoms with Gasteiger partial charge in [-0.05, 0) is 32.9 Å². The van der Waals surface area contributed by atoms with Gasteiger partial charge in [-0.25, -0.2) is 4.79 Å². The summed E-state index contributed by atoms with van der Waals surface area (Å²) in [5, 5.41) is 0. The molecule has 0 atom stereocenters. The van der Waals surface area contributed by atoms with E-state index in [0.717, 1.165) is 0 Å². The Morgan fingerprint density at radius 3 is 2.31 bits per heavy atom. The van der Waals surface area contributed by atoms with Crippen molar-refractivity contribution in [2.24, 2.45) is 0 Å². The molecule has 1 rings (SSSR count). The Morgan fingerprint density at radius 2 is 1.81 bits per heavy atom. The minimum Gasteiger partial charge on any atom is -0.398 e. The van der Waals surface area contributed by atoms with Crippen molar-refractivity contribution in [3.8, 4) is 0 Å². The molecule has 0 saturated carbocycles. The molecular weight excluding hydrogens is 206 g/mol. The molecule has 0 fully saturated rings. The van der Waals surface area contributed by atoms with Gasteiger partial charge in [0.05, 0.1) is 5.56 Å². The normalized spacial score (nSPS) is 10.4. The Balaban J connectivity index is 0.00000225. The van der Waals surface area contributed by atoms with Gasteiger partial charge in [-0.3, -0.25) is 4.89 Å². The highest BCUT2D eigenvalue weighted by molar-refractivity contribution is 5.94. The molecule has 0 aliphatic rings. The third-order valence-corrected chi connectivity index (χ3v) is 1.55. The van der Waals surface area contributed by atoms with Crippen LogP contribution in [0.4, 0.5) is 5.69 Å². The van der Waals surface area contributed by atoms with Crippen LogP contribution < -0.4 is 5.73 Å². The summed E-state index contributed by atoms with van der Waals surface area (Å²) in [5.41, 5.74) is 5.76. The lowest BCUT2D eigenvalue weighted by molar-refractivity contribution is -0.301. The monoisotopic (exact) mass is 225 g/mol. The first kappa shape index (κ1) is 14.5. The lowest BCUT2D eigenvalue weighted by atomic mass is 10.2. The lowest BCUT2D eigenvalue weighted by Gasteiger charge is -2.16. The van der Waals surface area contributed by atoms with Crippen LogP contribution in [0.5, 0.6) is 0 Å². The van der Waals surface area contributed by atoms with Crippen LogP contribution in [0.3, 0.4) is 0 Å². The summed E-state index contributed by atoms with van der Waals surface area (Å²) in [5.74, 6) is -0.581. The van der Waals surface area contributed by atoms with Gasteiger partial charge in [0.15, 0.2) is 0 Å². The molecule has 0 aliphatic carbocycles. The third-order valence-electron chi connectivity index (χ3n) is 1.55. The standard InChI is InChI=1S/C11H15NO3.CH4/c1-11(2,3)15-14-10(13)8-6-4-5-7-9(8)12;/h4-7H,12H2,1-3H3;1H4. The molecular formula is C12H19NO3. The smallest absolute Gasteiger partial charge is 0.375 e. The van der Waals surface area contributed by atoms with E-state index in [1.165, 1.54) is 0 Å². The summed E-state index contributed by atoms with van der Waals surface area (Å²) in [7, 11) is 0. The van der Waals surface area contributed by atoms with Gasteiger partial charge in [0.2, 0.25) is 0 Å². The molecule has 0 bridgehead atoms. The lowest BCUT2D eigenvalue weighted by Crippen LogP contribution is -2.22. The van der Waals surface area contributed by atoms with Gasteiger partial charge >= 0.3 is 5.97 Å². The molecule has 4 nitrogen and oxygen atoms in total. The average Bonchev–Trinajstić information content (AvgIpc) is 2.14. The summed E-state index contributed by atoms with van der Waals surface area (Å²) in [6, 6.07) is 6.68. The van der Waals surface area contributed by atoms with Crippen LogP contribution in [0.25, 0.3) is 0 Å². The van der Waals surface area contributed by atoms with E-state index in [0.29, 0.717) is 11.3 Å². The summed E-state index contributed by atoms with van der Waals surface area (Å²) in [4.78, 5) is 21.0. The van der Waals surface area contributed by atoms with Crippen LogP contribution in [-0.2, 0) is 9.78 Å². The van der Waals surface area contributed by atoms with E-state index >= 15 is 0 Å². The maximum absolute atomic E-state index is 11.5. The number of rotatable bonds is 2. The fourth-order valence-electron chi connectivity index (χ4n) is 0.891. The Kier molecular flexibility index (Phi) is 4.98. The molecule has 0 amide bonds. The minimum absolute atomic E-state index is 0. The van der Waals surface area contributed by atoms with E-state index < -0.39 is 11.6 Å². The predicted octanol–water partition coefficient (Wildman–Crippen LogP) is 2.79. The molecule has 16 heavy (non-hydrogen) atoms. The van der Waals surface area contributed by atoms with Gasteiger partial charge in [0.1, 0.15) is 5.60 Å². The number of benzene rings is 1. The van der Waals surface area contributed by atoms with Crippen LogP contribution in [0.1, 0.15) is 38.6 Å². The molecule has 0 saturated heterocycles. The molecule has 4 heteroatoms. The number of carbonyl (C=O) groups is 1. The van der Waals surface area contributed by atoms with Crippen molar-refractivity contribution in [2.45, 2.75) is 33.8 Å². The number of anilines is 1. The second-order valence-corrected chi connectivity index (χ2v) is 4.15. The first-order valence-electron chi connectivity index (χ1n) is 4.65. The van der Waals surface area contributed by atoms with Gasteiger partial charge in [-0.1, -0.05) is 19.6 Å². The van der Waals surface area contributed by atoms with E-state index in [9.17, 15) is 4.79 Å². The fourth-order valence-corrected chi connectivity index (χ4v) is 0.891. The van der Waals surface area contributed by atoms with E-state index in [1.807, 2.05) is 0 Å². The van der Waals surface area contributed by atoms with Crippen molar-refractivity contribution < 1.29 is 14.6 Å². The number of carbonyl (C=O) groups excluding carboxylic acids is 1. The first-order chi connectivity index (χ1) is 6.90. The van der Waals surface area contributed by atoms with Gasteiger partial charge < -0.3 is 5.73 Å². The molecule has 0 aromatic heterocycles. The Bertz CT molecular complexity index is 356. The van der Waals surface area contributed by atoms with Crippen molar-refractivity contribution in [1.82, 2.24) is 0 Å². The number of para-hydroxylation sites is 1. The van der Waals surface area contributed by atoms with Crippen LogP contribution in [0, 0.1) is 0 Å². The largest absolute Gasteiger partial charge is 0.398 e. The maximum Gasteiger partial charge on any atom is 0.375 e. The molecule has 0 unspecified atom stereocenters. The van der Waals surface area contributed by atoms with Gasteiger partial charge in [0, 0.05) is 5.69 Å².